The fourth-order valence-electron chi connectivity index (χ4n) is 3.00. The molecule has 5 heteroatoms. The number of imidazole rings is 1. The molecule has 0 unspecified atom stereocenters. The van der Waals surface area contributed by atoms with Crippen molar-refractivity contribution in [1.29, 1.82) is 0 Å². The van der Waals surface area contributed by atoms with Crippen LogP contribution in [0.15, 0.2) is 11.4 Å². The quantitative estimate of drug-likeness (QED) is 0.837. The van der Waals surface area contributed by atoms with Crippen LogP contribution in [0.4, 0.5) is 0 Å². The molecule has 4 nitrogen and oxygen atoms in total. The highest BCUT2D eigenvalue weighted by Gasteiger charge is 2.24. The van der Waals surface area contributed by atoms with Crippen molar-refractivity contribution in [2.75, 3.05) is 5.75 Å². The van der Waals surface area contributed by atoms with Gasteiger partial charge in [0.1, 0.15) is 0 Å². The van der Waals surface area contributed by atoms with Gasteiger partial charge in [0.15, 0.2) is 5.16 Å². The second-order valence-electron chi connectivity index (χ2n) is 6.97. The molecule has 0 aromatic carbocycles. The van der Waals surface area contributed by atoms with Crippen LogP contribution < -0.4 is 0 Å². The molecule has 0 atom stereocenters. The summed E-state index contributed by atoms with van der Waals surface area (Å²) >= 11 is 1.33. The van der Waals surface area contributed by atoms with Crippen LogP contribution in [0.1, 0.15) is 58.6 Å². The van der Waals surface area contributed by atoms with E-state index >= 15 is 0 Å². The van der Waals surface area contributed by atoms with Crippen molar-refractivity contribution in [3.05, 3.63) is 11.9 Å². The molecule has 1 aliphatic rings. The molecule has 118 valence electrons. The van der Waals surface area contributed by atoms with Gasteiger partial charge in [-0.2, -0.15) is 0 Å². The third kappa shape index (κ3) is 4.50. The third-order valence-corrected chi connectivity index (χ3v) is 5.05. The Morgan fingerprint density at radius 2 is 2.05 bits per heavy atom. The molecule has 1 saturated carbocycles. The smallest absolute Gasteiger partial charge is 0.313 e. The van der Waals surface area contributed by atoms with E-state index in [4.69, 9.17) is 5.11 Å². The predicted octanol–water partition coefficient (Wildman–Crippen LogP) is 3.94. The van der Waals surface area contributed by atoms with Gasteiger partial charge in [-0.1, -0.05) is 51.8 Å². The maximum absolute atomic E-state index is 10.8. The maximum Gasteiger partial charge on any atom is 0.313 e. The maximum atomic E-state index is 10.8. The summed E-state index contributed by atoms with van der Waals surface area (Å²) in [6.07, 6.45) is 8.49. The minimum atomic E-state index is -0.787. The zero-order valence-electron chi connectivity index (χ0n) is 13.3. The van der Waals surface area contributed by atoms with Gasteiger partial charge in [-0.15, -0.1) is 0 Å². The Kier molecular flexibility index (Phi) is 5.36. The lowest BCUT2D eigenvalue weighted by atomic mass is 9.88. The zero-order chi connectivity index (χ0) is 15.5. The molecule has 0 bridgehead atoms. The number of aromatic nitrogens is 2. The van der Waals surface area contributed by atoms with E-state index in [0.29, 0.717) is 5.92 Å². The van der Waals surface area contributed by atoms with Gasteiger partial charge < -0.3 is 9.67 Å². The Hall–Kier alpha value is -0.970. The second kappa shape index (κ2) is 6.86. The van der Waals surface area contributed by atoms with Crippen LogP contribution in [0, 0.1) is 5.92 Å². The van der Waals surface area contributed by atoms with E-state index in [9.17, 15) is 4.79 Å². The molecule has 0 saturated heterocycles. The molecule has 0 radical (unpaired) electrons. The van der Waals surface area contributed by atoms with Gasteiger partial charge in [-0.3, -0.25) is 4.79 Å². The summed E-state index contributed by atoms with van der Waals surface area (Å²) in [6, 6.07) is 0. The highest BCUT2D eigenvalue weighted by molar-refractivity contribution is 7.99. The fraction of sp³-hybridized carbons (Fsp3) is 0.750. The van der Waals surface area contributed by atoms with Gasteiger partial charge in [0.25, 0.3) is 0 Å². The summed E-state index contributed by atoms with van der Waals surface area (Å²) in [7, 11) is 0. The van der Waals surface area contributed by atoms with Crippen LogP contribution in [-0.2, 0) is 16.8 Å². The first-order chi connectivity index (χ1) is 9.88. The Morgan fingerprint density at radius 3 is 2.62 bits per heavy atom. The predicted molar refractivity (Wildman–Crippen MR) is 85.9 cm³/mol. The highest BCUT2D eigenvalue weighted by atomic mass is 32.2. The average Bonchev–Trinajstić information content (AvgIpc) is 2.80. The van der Waals surface area contributed by atoms with Crippen molar-refractivity contribution < 1.29 is 9.90 Å². The first kappa shape index (κ1) is 16.4. The molecule has 0 spiro atoms. The molecule has 21 heavy (non-hydrogen) atoms. The van der Waals surface area contributed by atoms with Crippen molar-refractivity contribution in [3.63, 3.8) is 0 Å². The molecule has 1 aromatic rings. The van der Waals surface area contributed by atoms with Gasteiger partial charge >= 0.3 is 5.97 Å². The van der Waals surface area contributed by atoms with Crippen LogP contribution in [0.2, 0.25) is 0 Å². The number of thioether (sulfide) groups is 1. The number of hydrogen-bond donors (Lipinski definition) is 1. The van der Waals surface area contributed by atoms with E-state index in [2.05, 4.69) is 30.3 Å². The molecule has 1 aliphatic carbocycles. The summed E-state index contributed by atoms with van der Waals surface area (Å²) in [5.74, 6) is -0.00612. The topological polar surface area (TPSA) is 55.1 Å². The van der Waals surface area contributed by atoms with Crippen molar-refractivity contribution in [1.82, 2.24) is 9.55 Å². The van der Waals surface area contributed by atoms with Crippen LogP contribution in [-0.4, -0.2) is 26.4 Å². The summed E-state index contributed by atoms with van der Waals surface area (Å²) in [5.41, 5.74) is 1.24. The molecule has 0 amide bonds. The minimum absolute atomic E-state index is 0.0314. The van der Waals surface area contributed by atoms with E-state index in [1.165, 1.54) is 49.6 Å². The van der Waals surface area contributed by atoms with Crippen molar-refractivity contribution >= 4 is 17.7 Å². The monoisotopic (exact) mass is 310 g/mol. The number of hydrogen-bond acceptors (Lipinski definition) is 3. The highest BCUT2D eigenvalue weighted by Crippen LogP contribution is 2.31. The number of carboxylic acids is 1. The number of carbonyl (C=O) groups is 1. The van der Waals surface area contributed by atoms with Crippen LogP contribution in [0.5, 0.6) is 0 Å². The third-order valence-electron chi connectivity index (χ3n) is 4.08. The lowest BCUT2D eigenvalue weighted by Crippen LogP contribution is -2.22. The van der Waals surface area contributed by atoms with Crippen LogP contribution in [0.25, 0.3) is 0 Å². The van der Waals surface area contributed by atoms with Crippen LogP contribution >= 0.6 is 11.8 Å². The molecule has 2 rings (SSSR count). The molecular weight excluding hydrogens is 284 g/mol. The Morgan fingerprint density at radius 1 is 1.38 bits per heavy atom. The Labute approximate surface area is 131 Å². The number of rotatable bonds is 5. The van der Waals surface area contributed by atoms with E-state index in [1.54, 1.807) is 0 Å². The number of nitrogens with zero attached hydrogens (tertiary/aromatic N) is 2. The lowest BCUT2D eigenvalue weighted by molar-refractivity contribution is -0.133. The van der Waals surface area contributed by atoms with Gasteiger partial charge in [-0.25, -0.2) is 4.98 Å². The average molecular weight is 310 g/mol. The number of aliphatic carboxylic acids is 1. The molecule has 1 heterocycles. The van der Waals surface area contributed by atoms with E-state index in [0.717, 1.165) is 11.7 Å². The lowest BCUT2D eigenvalue weighted by Gasteiger charge is -2.27. The molecule has 1 N–H and O–H groups in total. The fourth-order valence-corrected chi connectivity index (χ4v) is 3.71. The normalized spacial score (nSPS) is 17.1. The standard InChI is InChI=1S/C16H26N2O2S/c1-16(2,3)13-9-17-15(21-11-14(19)20)18(13)10-12-7-5-4-6-8-12/h9,12H,4-8,10-11H2,1-3H3,(H,19,20). The van der Waals surface area contributed by atoms with E-state index in [-0.39, 0.29) is 11.2 Å². The SMILES string of the molecule is CC(C)(C)c1cnc(SCC(=O)O)n1CC1CCCCC1. The summed E-state index contributed by atoms with van der Waals surface area (Å²) < 4.78 is 2.27. The summed E-state index contributed by atoms with van der Waals surface area (Å²) in [5, 5.41) is 9.75. The molecule has 0 aliphatic heterocycles. The van der Waals surface area contributed by atoms with Gasteiger partial charge in [0, 0.05) is 23.9 Å². The first-order valence-electron chi connectivity index (χ1n) is 7.78. The zero-order valence-corrected chi connectivity index (χ0v) is 14.1. The number of carboxylic acid groups (broad SMARTS) is 1. The van der Waals surface area contributed by atoms with E-state index < -0.39 is 5.97 Å². The van der Waals surface area contributed by atoms with Gasteiger partial charge in [-0.05, 0) is 18.8 Å². The summed E-state index contributed by atoms with van der Waals surface area (Å²) in [4.78, 5) is 15.3. The minimum Gasteiger partial charge on any atom is -0.481 e. The largest absolute Gasteiger partial charge is 0.481 e. The molecular formula is C16H26N2O2S. The Balaban J connectivity index is 2.20. The van der Waals surface area contributed by atoms with Gasteiger partial charge in [0.2, 0.25) is 0 Å². The first-order valence-corrected chi connectivity index (χ1v) is 8.77. The summed E-state index contributed by atoms with van der Waals surface area (Å²) in [6.45, 7) is 7.54. The van der Waals surface area contributed by atoms with Crippen molar-refractivity contribution in [2.45, 2.75) is 70.0 Å². The van der Waals surface area contributed by atoms with E-state index in [1.807, 2.05) is 6.20 Å². The van der Waals surface area contributed by atoms with Crippen molar-refractivity contribution in [3.8, 4) is 0 Å². The second-order valence-corrected chi connectivity index (χ2v) is 7.92. The van der Waals surface area contributed by atoms with Gasteiger partial charge in [0.05, 0.1) is 5.75 Å². The van der Waals surface area contributed by atoms with Crippen LogP contribution in [0.3, 0.4) is 0 Å². The molecule has 1 fully saturated rings. The van der Waals surface area contributed by atoms with Crippen molar-refractivity contribution in [2.24, 2.45) is 5.92 Å². The molecule has 1 aromatic heterocycles. The Bertz CT molecular complexity index is 485.